The van der Waals surface area contributed by atoms with Gasteiger partial charge in [0.15, 0.2) is 5.78 Å². The van der Waals surface area contributed by atoms with Gasteiger partial charge in [0, 0.05) is 11.1 Å². The number of rotatable bonds is 2. The van der Waals surface area contributed by atoms with E-state index in [0.717, 1.165) is 17.6 Å². The average Bonchev–Trinajstić information content (AvgIpc) is 2.71. The number of hydrogen-bond donors (Lipinski definition) is 0. The van der Waals surface area contributed by atoms with E-state index in [9.17, 15) is 4.79 Å². The fourth-order valence-corrected chi connectivity index (χ4v) is 3.75. The normalized spacial score (nSPS) is 32.4. The summed E-state index contributed by atoms with van der Waals surface area (Å²) in [5.74, 6) is 0.673. The third-order valence-corrected chi connectivity index (χ3v) is 5.44. The smallest absolute Gasteiger partial charge is 0.189 e. The highest BCUT2D eigenvalue weighted by atomic mass is 16.1. The maximum absolute atomic E-state index is 12.6. The molecule has 0 amide bonds. The van der Waals surface area contributed by atoms with Crippen LogP contribution in [0, 0.1) is 16.7 Å². The van der Waals surface area contributed by atoms with Crippen LogP contribution in [0.3, 0.4) is 0 Å². The van der Waals surface area contributed by atoms with Crippen LogP contribution in [0.4, 0.5) is 0 Å². The molecule has 1 heteroatoms. The van der Waals surface area contributed by atoms with Gasteiger partial charge in [0.05, 0.1) is 0 Å². The van der Waals surface area contributed by atoms with Crippen molar-refractivity contribution in [1.82, 2.24) is 0 Å². The highest BCUT2D eigenvalue weighted by Gasteiger charge is 2.57. The lowest BCUT2D eigenvalue weighted by Crippen LogP contribution is -2.27. The molecule has 2 atom stereocenters. The van der Waals surface area contributed by atoms with Gasteiger partial charge in [-0.25, -0.2) is 0 Å². The van der Waals surface area contributed by atoms with Gasteiger partial charge in [-0.1, -0.05) is 57.2 Å². The van der Waals surface area contributed by atoms with Crippen molar-refractivity contribution in [2.75, 3.05) is 0 Å². The standard InChI is InChI=1S/C17H20O/c1-16(2)14-9-10-17(16,3)11-13(14)15(18)12-7-5-4-6-8-12/h4-8,11,14H,9-10H2,1-3H3. The van der Waals surface area contributed by atoms with Gasteiger partial charge in [-0.3, -0.25) is 4.79 Å². The number of ketones is 1. The molecule has 1 aromatic rings. The SMILES string of the molecule is CC12C=C(C(=O)c3ccccc3)C(CC1)C2(C)C. The lowest BCUT2D eigenvalue weighted by molar-refractivity contribution is 0.101. The van der Waals surface area contributed by atoms with E-state index in [4.69, 9.17) is 0 Å². The van der Waals surface area contributed by atoms with E-state index in [1.807, 2.05) is 30.3 Å². The largest absolute Gasteiger partial charge is 0.289 e. The van der Waals surface area contributed by atoms with E-state index >= 15 is 0 Å². The topological polar surface area (TPSA) is 17.1 Å². The molecule has 3 rings (SSSR count). The molecule has 0 aliphatic heterocycles. The molecule has 94 valence electrons. The van der Waals surface area contributed by atoms with Gasteiger partial charge in [-0.2, -0.15) is 0 Å². The number of Topliss-reactive ketones (excluding diaryl/α,β-unsaturated/α-hetero) is 1. The summed E-state index contributed by atoms with van der Waals surface area (Å²) >= 11 is 0. The zero-order chi connectivity index (χ0) is 13.0. The first-order valence-electron chi connectivity index (χ1n) is 6.78. The molecule has 1 nitrogen and oxygen atoms in total. The second-order valence-corrected chi connectivity index (χ2v) is 6.53. The molecule has 1 saturated carbocycles. The van der Waals surface area contributed by atoms with E-state index in [-0.39, 0.29) is 16.6 Å². The molecule has 0 spiro atoms. The van der Waals surface area contributed by atoms with Crippen molar-refractivity contribution < 1.29 is 4.79 Å². The lowest BCUT2D eigenvalue weighted by Gasteiger charge is -2.33. The van der Waals surface area contributed by atoms with Crippen LogP contribution in [-0.2, 0) is 0 Å². The van der Waals surface area contributed by atoms with E-state index in [2.05, 4.69) is 26.8 Å². The Bertz CT molecular complexity index is 524. The van der Waals surface area contributed by atoms with Crippen LogP contribution in [0.1, 0.15) is 44.0 Å². The Morgan fingerprint density at radius 2 is 1.83 bits per heavy atom. The number of allylic oxidation sites excluding steroid dienone is 2. The van der Waals surface area contributed by atoms with Gasteiger partial charge in [0.1, 0.15) is 0 Å². The summed E-state index contributed by atoms with van der Waals surface area (Å²) in [4.78, 5) is 12.6. The molecule has 2 aliphatic rings. The molecule has 2 bridgehead atoms. The molecule has 1 fully saturated rings. The predicted molar refractivity (Wildman–Crippen MR) is 73.5 cm³/mol. The highest BCUT2D eigenvalue weighted by molar-refractivity contribution is 6.09. The molecule has 0 aromatic heterocycles. The van der Waals surface area contributed by atoms with Crippen molar-refractivity contribution in [3.8, 4) is 0 Å². The summed E-state index contributed by atoms with van der Waals surface area (Å²) in [7, 11) is 0. The lowest BCUT2D eigenvalue weighted by atomic mass is 9.70. The molecule has 0 radical (unpaired) electrons. The zero-order valence-electron chi connectivity index (χ0n) is 11.4. The van der Waals surface area contributed by atoms with Crippen molar-refractivity contribution in [2.24, 2.45) is 16.7 Å². The van der Waals surface area contributed by atoms with Gasteiger partial charge < -0.3 is 0 Å². The van der Waals surface area contributed by atoms with Crippen LogP contribution in [0.2, 0.25) is 0 Å². The Kier molecular flexibility index (Phi) is 2.32. The minimum Gasteiger partial charge on any atom is -0.289 e. The number of carbonyl (C=O) groups excluding carboxylic acids is 1. The minimum atomic E-state index is 0.206. The Morgan fingerprint density at radius 1 is 1.17 bits per heavy atom. The molecular weight excluding hydrogens is 220 g/mol. The van der Waals surface area contributed by atoms with Crippen molar-refractivity contribution >= 4 is 5.78 Å². The molecule has 1 aromatic carbocycles. The first-order chi connectivity index (χ1) is 8.46. The molecule has 0 saturated heterocycles. The Balaban J connectivity index is 1.99. The average molecular weight is 240 g/mol. The number of benzene rings is 1. The van der Waals surface area contributed by atoms with Crippen molar-refractivity contribution in [1.29, 1.82) is 0 Å². The summed E-state index contributed by atoms with van der Waals surface area (Å²) in [6.45, 7) is 6.93. The molecule has 18 heavy (non-hydrogen) atoms. The van der Waals surface area contributed by atoms with Crippen LogP contribution >= 0.6 is 0 Å². The maximum Gasteiger partial charge on any atom is 0.189 e. The monoisotopic (exact) mass is 240 g/mol. The molecule has 2 aliphatic carbocycles. The third-order valence-electron chi connectivity index (χ3n) is 5.44. The van der Waals surface area contributed by atoms with Gasteiger partial charge >= 0.3 is 0 Å². The Hall–Kier alpha value is -1.37. The van der Waals surface area contributed by atoms with Crippen molar-refractivity contribution in [2.45, 2.75) is 33.6 Å². The molecular formula is C17H20O. The number of hydrogen-bond acceptors (Lipinski definition) is 1. The van der Waals surface area contributed by atoms with Gasteiger partial charge in [-0.05, 0) is 29.6 Å². The van der Waals surface area contributed by atoms with Crippen LogP contribution in [0.5, 0.6) is 0 Å². The number of fused-ring (bicyclic) bond motifs is 2. The third kappa shape index (κ3) is 1.36. The fourth-order valence-electron chi connectivity index (χ4n) is 3.75. The first-order valence-corrected chi connectivity index (χ1v) is 6.78. The van der Waals surface area contributed by atoms with E-state index < -0.39 is 0 Å². The van der Waals surface area contributed by atoms with Crippen LogP contribution in [-0.4, -0.2) is 5.78 Å². The fraction of sp³-hybridized carbons (Fsp3) is 0.471. The van der Waals surface area contributed by atoms with Crippen LogP contribution < -0.4 is 0 Å². The molecule has 0 heterocycles. The molecule has 0 N–H and O–H groups in total. The minimum absolute atomic E-state index is 0.206. The second-order valence-electron chi connectivity index (χ2n) is 6.53. The van der Waals surface area contributed by atoms with Gasteiger partial charge in [0.2, 0.25) is 0 Å². The maximum atomic E-state index is 12.6. The van der Waals surface area contributed by atoms with Gasteiger partial charge in [-0.15, -0.1) is 0 Å². The highest BCUT2D eigenvalue weighted by Crippen LogP contribution is 2.64. The quantitative estimate of drug-likeness (QED) is 0.706. The Labute approximate surface area is 109 Å². The van der Waals surface area contributed by atoms with E-state index in [1.54, 1.807) is 0 Å². The summed E-state index contributed by atoms with van der Waals surface area (Å²) < 4.78 is 0. The van der Waals surface area contributed by atoms with E-state index in [1.165, 1.54) is 6.42 Å². The summed E-state index contributed by atoms with van der Waals surface area (Å²) in [6, 6.07) is 9.67. The molecule has 2 unspecified atom stereocenters. The predicted octanol–water partition coefficient (Wildman–Crippen LogP) is 4.25. The van der Waals surface area contributed by atoms with Crippen molar-refractivity contribution in [3.63, 3.8) is 0 Å². The van der Waals surface area contributed by atoms with Crippen LogP contribution in [0.25, 0.3) is 0 Å². The summed E-state index contributed by atoms with van der Waals surface area (Å²) in [5.41, 5.74) is 2.32. The number of carbonyl (C=O) groups is 1. The summed E-state index contributed by atoms with van der Waals surface area (Å²) in [6.07, 6.45) is 4.64. The van der Waals surface area contributed by atoms with Crippen molar-refractivity contribution in [3.05, 3.63) is 47.5 Å². The zero-order valence-corrected chi connectivity index (χ0v) is 11.4. The Morgan fingerprint density at radius 3 is 2.33 bits per heavy atom. The van der Waals surface area contributed by atoms with Crippen LogP contribution in [0.15, 0.2) is 42.0 Å². The second kappa shape index (κ2) is 3.57. The first kappa shape index (κ1) is 11.7. The van der Waals surface area contributed by atoms with E-state index in [0.29, 0.717) is 5.92 Å². The summed E-state index contributed by atoms with van der Waals surface area (Å²) in [5, 5.41) is 0. The van der Waals surface area contributed by atoms with Gasteiger partial charge in [0.25, 0.3) is 0 Å².